The molecule has 0 unspecified atom stereocenters. The molecule has 0 aliphatic carbocycles. The van der Waals surface area contributed by atoms with E-state index in [1.807, 2.05) is 0 Å². The van der Waals surface area contributed by atoms with Crippen molar-refractivity contribution in [1.29, 1.82) is 0 Å². The van der Waals surface area contributed by atoms with Crippen LogP contribution in [-0.2, 0) is 65.6 Å². The molecule has 1 saturated heterocycles. The molecule has 3 amide bonds. The third-order valence-corrected chi connectivity index (χ3v) is 12.2. The van der Waals surface area contributed by atoms with Crippen LogP contribution in [0.15, 0.2) is 42.9 Å². The molecule has 11 N–H and O–H groups in total. The fourth-order valence-corrected chi connectivity index (χ4v) is 8.13. The maximum absolute atomic E-state index is 13.9. The summed E-state index contributed by atoms with van der Waals surface area (Å²) >= 11 is 0. The van der Waals surface area contributed by atoms with Gasteiger partial charge in [0.25, 0.3) is 0 Å². The summed E-state index contributed by atoms with van der Waals surface area (Å²) < 4.78 is 0. The summed E-state index contributed by atoms with van der Waals surface area (Å²) in [4.78, 5) is 153. The highest BCUT2D eigenvalue weighted by Gasteiger charge is 2.34. The smallest absolute Gasteiger partial charge is 0.328 e. The quantitative estimate of drug-likeness (QED) is 0.0348. The van der Waals surface area contributed by atoms with Crippen LogP contribution >= 0.6 is 0 Å². The summed E-state index contributed by atoms with van der Waals surface area (Å²) in [5.41, 5.74) is 0.971. The van der Waals surface area contributed by atoms with Crippen molar-refractivity contribution in [2.45, 2.75) is 63.6 Å². The molecule has 0 saturated carbocycles. The summed E-state index contributed by atoms with van der Waals surface area (Å²) in [7, 11) is 0. The van der Waals surface area contributed by atoms with Crippen LogP contribution in [0, 0.1) is 17.8 Å². The zero-order chi connectivity index (χ0) is 54.9. The molecule has 2 aromatic rings. The number of aliphatic hydroxyl groups is 2. The van der Waals surface area contributed by atoms with Crippen LogP contribution in [0.4, 0.5) is 0 Å². The van der Waals surface area contributed by atoms with Gasteiger partial charge < -0.3 is 56.7 Å². The van der Waals surface area contributed by atoms with E-state index in [2.05, 4.69) is 25.9 Å². The Morgan fingerprint density at radius 2 is 0.986 bits per heavy atom. The van der Waals surface area contributed by atoms with Gasteiger partial charge in [0.15, 0.2) is 11.6 Å². The van der Waals surface area contributed by atoms with E-state index in [0.717, 1.165) is 0 Å². The summed E-state index contributed by atoms with van der Waals surface area (Å²) in [6.45, 7) is -1.30. The lowest BCUT2D eigenvalue weighted by Gasteiger charge is -2.33. The molecule has 1 aromatic carbocycles. The summed E-state index contributed by atoms with van der Waals surface area (Å²) in [6.07, 6.45) is -0.176. The molecule has 0 bridgehead atoms. The molecule has 0 radical (unpaired) electrons. The molecule has 74 heavy (non-hydrogen) atoms. The van der Waals surface area contributed by atoms with Gasteiger partial charge in [-0.05, 0) is 18.9 Å². The first-order chi connectivity index (χ1) is 35.1. The Morgan fingerprint density at radius 3 is 1.42 bits per heavy atom. The fourth-order valence-electron chi connectivity index (χ4n) is 8.13. The highest BCUT2D eigenvalue weighted by molar-refractivity contribution is 5.97. The third kappa shape index (κ3) is 22.8. The van der Waals surface area contributed by atoms with Gasteiger partial charge >= 0.3 is 29.8 Å². The number of aliphatic hydroxyl groups excluding tert-OH is 2. The molecule has 1 aliphatic heterocycles. The second-order valence-electron chi connectivity index (χ2n) is 18.1. The molecule has 3 rings (SSSR count). The van der Waals surface area contributed by atoms with Crippen LogP contribution in [0.2, 0.25) is 0 Å². The second-order valence-corrected chi connectivity index (χ2v) is 18.1. The molecular formula is C47H67N9O18. The van der Waals surface area contributed by atoms with E-state index in [4.69, 9.17) is 0 Å². The number of carboxylic acids is 5. The first-order valence-electron chi connectivity index (χ1n) is 23.8. The maximum atomic E-state index is 13.9. The Labute approximate surface area is 425 Å². The number of nitrogens with zero attached hydrogens (tertiary/aromatic N) is 5. The van der Waals surface area contributed by atoms with Gasteiger partial charge in [-0.3, -0.25) is 67.5 Å². The third-order valence-electron chi connectivity index (χ3n) is 12.2. The van der Waals surface area contributed by atoms with Crippen molar-refractivity contribution >= 4 is 64.9 Å². The minimum Gasteiger partial charge on any atom is -0.481 e. The van der Waals surface area contributed by atoms with Gasteiger partial charge in [-0.1, -0.05) is 30.3 Å². The minimum atomic E-state index is -1.68. The number of hydrogen-bond acceptors (Lipinski definition) is 18. The number of aliphatic carboxylic acids is 5. The SMILES string of the molecule is C[C@H](NC(=O)[C@H](CC(=O)O)CC(=O)CN1CCN(CC(=O)O)CCN(CC(=O)O)CCN(CC(=O)O)CC1)C(=O)C[C@@H](Cc1cnc[nH]1)C(=O)N[C@@H](CO)C(=O)C[C@@H](Cc1ccccc1)C(=O)N[C@@H](CO)C(=O)O. The van der Waals surface area contributed by atoms with Crippen LogP contribution in [0.5, 0.6) is 0 Å². The number of imidazole rings is 1. The number of carbonyl (C=O) groups is 11. The van der Waals surface area contributed by atoms with Crippen molar-refractivity contribution in [2.75, 3.05) is 91.8 Å². The van der Waals surface area contributed by atoms with Crippen molar-refractivity contribution in [2.24, 2.45) is 17.8 Å². The zero-order valence-corrected chi connectivity index (χ0v) is 41.0. The molecular weight excluding hydrogens is 979 g/mol. The maximum Gasteiger partial charge on any atom is 0.328 e. The van der Waals surface area contributed by atoms with Gasteiger partial charge in [0.1, 0.15) is 17.9 Å². The number of benzene rings is 1. The van der Waals surface area contributed by atoms with E-state index in [-0.39, 0.29) is 78.3 Å². The Bertz CT molecular complexity index is 2200. The van der Waals surface area contributed by atoms with E-state index in [9.17, 15) is 88.5 Å². The molecule has 0 spiro atoms. The van der Waals surface area contributed by atoms with E-state index >= 15 is 0 Å². The molecule has 1 aliphatic rings. The van der Waals surface area contributed by atoms with E-state index in [0.29, 0.717) is 11.3 Å². The van der Waals surface area contributed by atoms with Crippen molar-refractivity contribution in [3.63, 3.8) is 0 Å². The van der Waals surface area contributed by atoms with Crippen molar-refractivity contribution < 1.29 is 88.5 Å². The molecule has 27 nitrogen and oxygen atoms in total. The number of Topliss-reactive ketones (excluding diaryl/α,β-unsaturated/α-hetero) is 3. The van der Waals surface area contributed by atoms with Gasteiger partial charge in [-0.15, -0.1) is 0 Å². The normalized spacial score (nSPS) is 16.9. The topological polar surface area (TPSA) is 407 Å². The Morgan fingerprint density at radius 1 is 0.541 bits per heavy atom. The van der Waals surface area contributed by atoms with E-state index < -0.39 is 153 Å². The second kappa shape index (κ2) is 31.5. The van der Waals surface area contributed by atoms with Gasteiger partial charge in [0.05, 0.1) is 70.0 Å². The summed E-state index contributed by atoms with van der Waals surface area (Å²) in [5.74, 6) is -15.3. The monoisotopic (exact) mass is 1050 g/mol. The number of hydrogen-bond donors (Lipinski definition) is 11. The lowest BCUT2D eigenvalue weighted by atomic mass is 9.90. The Kier molecular flexibility index (Phi) is 26.1. The average molecular weight is 1050 g/mol. The Hall–Kier alpha value is -7.04. The van der Waals surface area contributed by atoms with Gasteiger partial charge in [0, 0.05) is 95.9 Å². The van der Waals surface area contributed by atoms with Crippen LogP contribution in [0.25, 0.3) is 0 Å². The summed E-state index contributed by atoms with van der Waals surface area (Å²) in [6, 6.07) is 3.73. The summed E-state index contributed by atoms with van der Waals surface area (Å²) in [5, 5.41) is 74.4. The number of carbonyl (C=O) groups excluding carboxylic acids is 6. The molecule has 6 atom stereocenters. The van der Waals surface area contributed by atoms with Crippen LogP contribution < -0.4 is 16.0 Å². The predicted molar refractivity (Wildman–Crippen MR) is 256 cm³/mol. The number of nitrogens with one attached hydrogen (secondary N) is 4. The molecule has 27 heteroatoms. The number of aromatic amines is 1. The first-order valence-corrected chi connectivity index (χ1v) is 23.8. The zero-order valence-electron chi connectivity index (χ0n) is 41.0. The lowest BCUT2D eigenvalue weighted by molar-refractivity contribution is -0.144. The van der Waals surface area contributed by atoms with Crippen LogP contribution in [0.3, 0.4) is 0 Å². The van der Waals surface area contributed by atoms with Crippen molar-refractivity contribution in [3.05, 3.63) is 54.1 Å². The Balaban J connectivity index is 1.75. The van der Waals surface area contributed by atoms with E-state index in [1.54, 1.807) is 49.9 Å². The van der Waals surface area contributed by atoms with Crippen LogP contribution in [-0.4, -0.2) is 240 Å². The average Bonchev–Trinajstić information content (AvgIpc) is 3.85. The fraction of sp³-hybridized carbons (Fsp3) is 0.574. The number of amides is 3. The molecule has 408 valence electrons. The highest BCUT2D eigenvalue weighted by Crippen LogP contribution is 2.18. The van der Waals surface area contributed by atoms with E-state index in [1.165, 1.54) is 19.4 Å². The van der Waals surface area contributed by atoms with Gasteiger partial charge in [-0.2, -0.15) is 0 Å². The molecule has 2 heterocycles. The number of rotatable bonds is 31. The minimum absolute atomic E-state index is 0.0636. The van der Waals surface area contributed by atoms with Gasteiger partial charge in [0.2, 0.25) is 17.7 Å². The molecule has 1 fully saturated rings. The van der Waals surface area contributed by atoms with Crippen molar-refractivity contribution in [1.82, 2.24) is 45.5 Å². The van der Waals surface area contributed by atoms with Crippen molar-refractivity contribution in [3.8, 4) is 0 Å². The number of carboxylic acid groups (broad SMARTS) is 5. The standard InChI is InChI=1S/C47H67N9O18/c1-29(50-44(70)33(20-40(62)63)17-35(59)22-53-7-9-54(23-41(64)65)11-13-56(25-43(68)69)14-12-55(10-8-53)24-42(66)67)38(60)18-32(16-34-21-48-28-49-34)46(72)51-36(26-57)39(61)19-31(15-30-5-3-2-4-6-30)45(71)52-37(27-58)47(73)74/h2-6,21,28-29,31-33,36-37,57-58H,7-20,22-27H2,1H3,(H,48,49)(H,50,70)(H,51,72)(H,52,71)(H,62,63)(H,64,65)(H,66,67)(H,68,69)(H,73,74)/t29-,31+,32+,33-,36-,37-/m0/s1. The molecule has 1 aromatic heterocycles. The van der Waals surface area contributed by atoms with Gasteiger partial charge in [-0.25, -0.2) is 9.78 Å². The highest BCUT2D eigenvalue weighted by atomic mass is 16.4. The lowest BCUT2D eigenvalue weighted by Crippen LogP contribution is -2.50. The predicted octanol–water partition coefficient (Wildman–Crippen LogP) is -3.59. The number of H-pyrrole nitrogens is 1. The first kappa shape index (κ1) is 61.3. The van der Waals surface area contributed by atoms with Crippen LogP contribution in [0.1, 0.15) is 43.9 Å². The number of ketones is 3. The number of aromatic nitrogens is 2. The largest absolute Gasteiger partial charge is 0.481 e.